The summed E-state index contributed by atoms with van der Waals surface area (Å²) in [5, 5.41) is 3.59. The van der Waals surface area contributed by atoms with E-state index in [2.05, 4.69) is 67.7 Å². The van der Waals surface area contributed by atoms with Gasteiger partial charge in [-0.15, -0.1) is 0 Å². The number of ether oxygens (including phenoxy) is 1. The molecule has 1 N–H and O–H groups in total. The van der Waals surface area contributed by atoms with Gasteiger partial charge in [0, 0.05) is 5.56 Å². The van der Waals surface area contributed by atoms with Gasteiger partial charge in [0.25, 0.3) is 0 Å². The van der Waals surface area contributed by atoms with Crippen molar-refractivity contribution in [2.45, 2.75) is 38.8 Å². The zero-order chi connectivity index (χ0) is 14.7. The van der Waals surface area contributed by atoms with E-state index in [0.29, 0.717) is 6.04 Å². The van der Waals surface area contributed by atoms with E-state index in [9.17, 15) is 0 Å². The zero-order valence-electron chi connectivity index (χ0n) is 12.8. The normalized spacial score (nSPS) is 20.1. The Hall–Kier alpha value is -1.80. The fourth-order valence-electron chi connectivity index (χ4n) is 3.11. The minimum Gasteiger partial charge on any atom is -0.488 e. The molecular formula is C19H23NO. The Morgan fingerprint density at radius 3 is 2.52 bits per heavy atom. The van der Waals surface area contributed by atoms with Gasteiger partial charge in [0.2, 0.25) is 0 Å². The van der Waals surface area contributed by atoms with Gasteiger partial charge in [-0.2, -0.15) is 0 Å². The quantitative estimate of drug-likeness (QED) is 0.867. The van der Waals surface area contributed by atoms with Gasteiger partial charge in [-0.25, -0.2) is 0 Å². The van der Waals surface area contributed by atoms with Crippen molar-refractivity contribution in [3.8, 4) is 16.9 Å². The molecule has 2 aromatic rings. The summed E-state index contributed by atoms with van der Waals surface area (Å²) in [6.07, 6.45) is 2.50. The Labute approximate surface area is 127 Å². The molecular weight excluding hydrogens is 258 g/mol. The van der Waals surface area contributed by atoms with E-state index < -0.39 is 0 Å². The van der Waals surface area contributed by atoms with Crippen molar-refractivity contribution in [2.75, 3.05) is 6.54 Å². The SMILES string of the molecule is CCCC1Oc2ccc(-c3ccccc3)cc2C1NCC. The summed E-state index contributed by atoms with van der Waals surface area (Å²) in [4.78, 5) is 0. The molecule has 2 unspecified atom stereocenters. The molecule has 0 saturated heterocycles. The lowest BCUT2D eigenvalue weighted by Gasteiger charge is -2.19. The van der Waals surface area contributed by atoms with Gasteiger partial charge < -0.3 is 10.1 Å². The van der Waals surface area contributed by atoms with Crippen LogP contribution in [0.4, 0.5) is 0 Å². The topological polar surface area (TPSA) is 21.3 Å². The lowest BCUT2D eigenvalue weighted by Crippen LogP contribution is -2.30. The Bertz CT molecular complexity index is 594. The molecule has 21 heavy (non-hydrogen) atoms. The van der Waals surface area contributed by atoms with Crippen LogP contribution in [0.25, 0.3) is 11.1 Å². The van der Waals surface area contributed by atoms with Crippen LogP contribution in [-0.4, -0.2) is 12.6 Å². The van der Waals surface area contributed by atoms with Crippen LogP contribution in [0.3, 0.4) is 0 Å². The molecule has 0 aromatic heterocycles. The molecule has 1 heterocycles. The van der Waals surface area contributed by atoms with E-state index in [1.54, 1.807) is 0 Å². The highest BCUT2D eigenvalue weighted by atomic mass is 16.5. The zero-order valence-corrected chi connectivity index (χ0v) is 12.8. The number of hydrogen-bond acceptors (Lipinski definition) is 2. The van der Waals surface area contributed by atoms with Crippen LogP contribution < -0.4 is 10.1 Å². The van der Waals surface area contributed by atoms with E-state index in [4.69, 9.17) is 4.74 Å². The second kappa shape index (κ2) is 6.31. The number of nitrogens with one attached hydrogen (secondary N) is 1. The first-order chi connectivity index (χ1) is 10.3. The Morgan fingerprint density at radius 2 is 1.81 bits per heavy atom. The maximum Gasteiger partial charge on any atom is 0.124 e. The summed E-state index contributed by atoms with van der Waals surface area (Å²) in [6.45, 7) is 5.33. The van der Waals surface area contributed by atoms with Crippen molar-refractivity contribution < 1.29 is 4.74 Å². The molecule has 1 aliphatic rings. The molecule has 3 rings (SSSR count). The van der Waals surface area contributed by atoms with E-state index in [1.807, 2.05) is 0 Å². The number of fused-ring (bicyclic) bond motifs is 1. The smallest absolute Gasteiger partial charge is 0.124 e. The molecule has 0 saturated carbocycles. The lowest BCUT2D eigenvalue weighted by atomic mass is 9.96. The van der Waals surface area contributed by atoms with Crippen molar-refractivity contribution >= 4 is 0 Å². The lowest BCUT2D eigenvalue weighted by molar-refractivity contribution is 0.179. The van der Waals surface area contributed by atoms with Gasteiger partial charge in [0.05, 0.1) is 6.04 Å². The highest BCUT2D eigenvalue weighted by Crippen LogP contribution is 2.40. The molecule has 2 nitrogen and oxygen atoms in total. The van der Waals surface area contributed by atoms with Crippen LogP contribution in [0.15, 0.2) is 48.5 Å². The van der Waals surface area contributed by atoms with Gasteiger partial charge in [0.15, 0.2) is 0 Å². The molecule has 2 atom stereocenters. The van der Waals surface area contributed by atoms with Gasteiger partial charge in [-0.1, -0.05) is 56.7 Å². The van der Waals surface area contributed by atoms with Crippen LogP contribution in [0, 0.1) is 0 Å². The van der Waals surface area contributed by atoms with Gasteiger partial charge in [-0.3, -0.25) is 0 Å². The average molecular weight is 281 g/mol. The van der Waals surface area contributed by atoms with Crippen LogP contribution in [-0.2, 0) is 0 Å². The molecule has 0 spiro atoms. The summed E-state index contributed by atoms with van der Waals surface area (Å²) < 4.78 is 6.14. The first-order valence-electron chi connectivity index (χ1n) is 7.93. The van der Waals surface area contributed by atoms with Crippen LogP contribution in [0.2, 0.25) is 0 Å². The first-order valence-corrected chi connectivity index (χ1v) is 7.93. The van der Waals surface area contributed by atoms with Crippen LogP contribution in [0.5, 0.6) is 5.75 Å². The standard InChI is InChI=1S/C19H23NO/c1-3-8-18-19(20-4-2)16-13-15(11-12-17(16)21-18)14-9-6-5-7-10-14/h5-7,9-13,18-20H,3-4,8H2,1-2H3. The molecule has 2 aromatic carbocycles. The molecule has 0 fully saturated rings. The summed E-state index contributed by atoms with van der Waals surface area (Å²) in [5.74, 6) is 1.04. The number of rotatable bonds is 5. The second-order valence-corrected chi connectivity index (χ2v) is 5.60. The molecule has 0 radical (unpaired) electrons. The minimum atomic E-state index is 0.260. The monoisotopic (exact) mass is 281 g/mol. The molecule has 2 heteroatoms. The van der Waals surface area contributed by atoms with Gasteiger partial charge >= 0.3 is 0 Å². The molecule has 1 aliphatic heterocycles. The largest absolute Gasteiger partial charge is 0.488 e. The number of hydrogen-bond donors (Lipinski definition) is 1. The van der Waals surface area contributed by atoms with E-state index in [0.717, 1.165) is 25.1 Å². The van der Waals surface area contributed by atoms with Gasteiger partial charge in [-0.05, 0) is 36.2 Å². The third-order valence-electron chi connectivity index (χ3n) is 4.10. The Kier molecular flexibility index (Phi) is 4.26. The maximum absolute atomic E-state index is 6.14. The van der Waals surface area contributed by atoms with Crippen LogP contribution in [0.1, 0.15) is 38.3 Å². The molecule has 0 amide bonds. The third kappa shape index (κ3) is 2.81. The second-order valence-electron chi connectivity index (χ2n) is 5.60. The third-order valence-corrected chi connectivity index (χ3v) is 4.10. The van der Waals surface area contributed by atoms with E-state index in [1.165, 1.54) is 16.7 Å². The molecule has 110 valence electrons. The molecule has 0 bridgehead atoms. The average Bonchev–Trinajstić information content (AvgIpc) is 2.86. The highest BCUT2D eigenvalue weighted by molar-refractivity contribution is 5.66. The van der Waals surface area contributed by atoms with E-state index in [-0.39, 0.29) is 6.10 Å². The predicted octanol–water partition coefficient (Wildman–Crippen LogP) is 4.57. The highest BCUT2D eigenvalue weighted by Gasteiger charge is 2.33. The fourth-order valence-corrected chi connectivity index (χ4v) is 3.11. The first kappa shape index (κ1) is 14.2. The van der Waals surface area contributed by atoms with Gasteiger partial charge in [0.1, 0.15) is 11.9 Å². The maximum atomic E-state index is 6.14. The Morgan fingerprint density at radius 1 is 1.00 bits per heavy atom. The predicted molar refractivity (Wildman–Crippen MR) is 87.6 cm³/mol. The minimum absolute atomic E-state index is 0.260. The van der Waals surface area contributed by atoms with Crippen molar-refractivity contribution in [1.82, 2.24) is 5.32 Å². The van der Waals surface area contributed by atoms with Crippen molar-refractivity contribution in [3.63, 3.8) is 0 Å². The molecule has 0 aliphatic carbocycles. The summed E-state index contributed by atoms with van der Waals surface area (Å²) in [6, 6.07) is 17.4. The summed E-state index contributed by atoms with van der Waals surface area (Å²) >= 11 is 0. The Balaban J connectivity index is 1.95. The number of benzene rings is 2. The number of likely N-dealkylation sites (N-methyl/N-ethyl adjacent to an activating group) is 1. The van der Waals surface area contributed by atoms with Crippen LogP contribution >= 0.6 is 0 Å². The van der Waals surface area contributed by atoms with Crippen molar-refractivity contribution in [1.29, 1.82) is 0 Å². The summed E-state index contributed by atoms with van der Waals surface area (Å²) in [5.41, 5.74) is 3.82. The van der Waals surface area contributed by atoms with Crippen molar-refractivity contribution in [3.05, 3.63) is 54.1 Å². The summed E-state index contributed by atoms with van der Waals surface area (Å²) in [7, 11) is 0. The fraction of sp³-hybridized carbons (Fsp3) is 0.368. The van der Waals surface area contributed by atoms with E-state index >= 15 is 0 Å². The van der Waals surface area contributed by atoms with Crippen molar-refractivity contribution in [2.24, 2.45) is 0 Å².